The highest BCUT2D eigenvalue weighted by Crippen LogP contribution is 2.37. The zero-order chi connectivity index (χ0) is 45.4. The van der Waals surface area contributed by atoms with Crippen molar-refractivity contribution in [2.75, 3.05) is 34.8 Å². The lowest BCUT2D eigenvalue weighted by atomic mass is 9.92. The maximum Gasteiger partial charge on any atom is 0.265 e. The quantitative estimate of drug-likeness (QED) is 0.0657. The number of nitrogens with one attached hydrogen (secondary N) is 2. The van der Waals surface area contributed by atoms with Gasteiger partial charge in [0.2, 0.25) is 0 Å². The van der Waals surface area contributed by atoms with Gasteiger partial charge in [0.25, 0.3) is 35.4 Å². The first-order valence-electron chi connectivity index (χ1n) is 21.5. The zero-order valence-electron chi connectivity index (χ0n) is 36.1. The third-order valence-corrected chi connectivity index (χ3v) is 11.8. The van der Waals surface area contributed by atoms with Crippen molar-refractivity contribution >= 4 is 90.5 Å². The number of unbranched alkanes of at least 4 members (excludes halogenated alkanes) is 2. The summed E-state index contributed by atoms with van der Waals surface area (Å²) in [7, 11) is 0. The molecule has 0 fully saturated rings. The van der Waals surface area contributed by atoms with Crippen LogP contribution in [0.3, 0.4) is 0 Å². The zero-order valence-corrected chi connectivity index (χ0v) is 36.1. The van der Waals surface area contributed by atoms with Crippen molar-refractivity contribution < 1.29 is 28.8 Å². The molecule has 6 N–H and O–H groups in total. The molecule has 0 aromatic heterocycles. The van der Waals surface area contributed by atoms with Crippen LogP contribution in [0.25, 0.3) is 32.3 Å². The van der Waals surface area contributed by atoms with Crippen LogP contribution >= 0.6 is 0 Å². The number of aryl methyl sites for hydroxylation is 2. The molecule has 10 rings (SSSR count). The van der Waals surface area contributed by atoms with Crippen LogP contribution in [0.15, 0.2) is 109 Å². The van der Waals surface area contributed by atoms with Gasteiger partial charge in [-0.2, -0.15) is 0 Å². The van der Waals surface area contributed by atoms with E-state index in [1.54, 1.807) is 48.5 Å². The van der Waals surface area contributed by atoms with Crippen molar-refractivity contribution in [3.8, 4) is 0 Å². The van der Waals surface area contributed by atoms with Gasteiger partial charge in [0.15, 0.2) is 0 Å². The third kappa shape index (κ3) is 7.57. The fraction of sp³-hybridized carbons (Fsp3) is 0.192. The van der Waals surface area contributed by atoms with Crippen LogP contribution in [0.1, 0.15) is 113 Å². The summed E-state index contributed by atoms with van der Waals surface area (Å²) in [6, 6.07) is 32.6. The predicted molar refractivity (Wildman–Crippen MR) is 253 cm³/mol. The minimum absolute atomic E-state index is 0.169. The topological polar surface area (TPSA) is 185 Å². The molecule has 0 radical (unpaired) electrons. The van der Waals surface area contributed by atoms with E-state index < -0.39 is 0 Å². The highest BCUT2D eigenvalue weighted by molar-refractivity contribution is 6.36. The molecular formula is C52H48N6O6. The van der Waals surface area contributed by atoms with Gasteiger partial charge in [-0.3, -0.25) is 39.0 Å². The molecule has 12 nitrogen and oxygen atoms in total. The lowest BCUT2D eigenvalue weighted by Gasteiger charge is -2.28. The van der Waals surface area contributed by atoms with Gasteiger partial charge in [-0.15, -0.1) is 0 Å². The molecule has 0 saturated carbocycles. The second kappa shape index (κ2) is 17.5. The molecule has 0 bridgehead atoms. The first-order valence-corrected chi connectivity index (χ1v) is 21.5. The van der Waals surface area contributed by atoms with Crippen molar-refractivity contribution in [1.29, 1.82) is 0 Å². The third-order valence-electron chi connectivity index (χ3n) is 11.8. The molecule has 322 valence electrons. The Morgan fingerprint density at radius 3 is 1.56 bits per heavy atom. The molecule has 64 heavy (non-hydrogen) atoms. The number of hydrogen-bond donors (Lipinski definition) is 4. The molecular weight excluding hydrogens is 805 g/mol. The summed E-state index contributed by atoms with van der Waals surface area (Å²) in [5, 5.41) is 10.3. The number of nitrogens with zero attached hydrogens (tertiary/aromatic N) is 2. The molecule has 7 aromatic carbocycles. The molecule has 3 aliphatic heterocycles. The van der Waals surface area contributed by atoms with E-state index in [1.165, 1.54) is 9.80 Å². The number of imide groups is 3. The first-order chi connectivity index (χ1) is 30.8. The summed E-state index contributed by atoms with van der Waals surface area (Å²) >= 11 is 0. The van der Waals surface area contributed by atoms with Gasteiger partial charge in [0.05, 0.1) is 5.69 Å². The minimum atomic E-state index is -0.367. The fourth-order valence-electron chi connectivity index (χ4n) is 8.70. The molecule has 0 saturated heterocycles. The molecule has 7 aromatic rings. The van der Waals surface area contributed by atoms with Gasteiger partial charge >= 0.3 is 0 Å². The largest absolute Gasteiger partial charge is 0.398 e. The molecule has 3 aliphatic rings. The Balaban J connectivity index is 0.000000134. The monoisotopic (exact) mass is 852 g/mol. The maximum absolute atomic E-state index is 13.0. The van der Waals surface area contributed by atoms with Gasteiger partial charge in [-0.25, -0.2) is 4.90 Å². The SMILES string of the molecule is CCCCNc1ccc2c3c(cccc13)C(=O)N(CCCC)C2=O.Cc1cc(C)cc(N2C(=O)c3cccc4c(N)ccc(c34)C2=O)c1.Nc1ccc2c3c(cccc13)C(=O)NC2=O. The van der Waals surface area contributed by atoms with Gasteiger partial charge in [-0.1, -0.05) is 69.2 Å². The average Bonchev–Trinajstić information content (AvgIpc) is 3.28. The van der Waals surface area contributed by atoms with Crippen molar-refractivity contribution in [3.63, 3.8) is 0 Å². The normalized spacial score (nSPS) is 13.8. The van der Waals surface area contributed by atoms with E-state index in [-0.39, 0.29) is 35.4 Å². The van der Waals surface area contributed by atoms with E-state index in [1.807, 2.05) is 74.5 Å². The number of rotatable bonds is 8. The Labute approximate surface area is 370 Å². The van der Waals surface area contributed by atoms with Crippen LogP contribution < -0.4 is 27.0 Å². The molecule has 0 unspecified atom stereocenters. The summed E-state index contributed by atoms with van der Waals surface area (Å²) in [5.41, 5.74) is 19.9. The highest BCUT2D eigenvalue weighted by Gasteiger charge is 2.35. The van der Waals surface area contributed by atoms with Gasteiger partial charge in [-0.05, 0) is 105 Å². The predicted octanol–water partition coefficient (Wildman–Crippen LogP) is 9.59. The Kier molecular flexibility index (Phi) is 11.7. The highest BCUT2D eigenvalue weighted by atomic mass is 16.2. The van der Waals surface area contributed by atoms with Crippen molar-refractivity contribution in [1.82, 2.24) is 10.2 Å². The number of benzene rings is 7. The van der Waals surface area contributed by atoms with Gasteiger partial charge in [0.1, 0.15) is 0 Å². The van der Waals surface area contributed by atoms with E-state index >= 15 is 0 Å². The second-order valence-corrected chi connectivity index (χ2v) is 16.2. The fourth-order valence-corrected chi connectivity index (χ4v) is 8.70. The summed E-state index contributed by atoms with van der Waals surface area (Å²) in [5.74, 6) is -1.70. The molecule has 6 amide bonds. The van der Waals surface area contributed by atoms with Gasteiger partial charge < -0.3 is 16.8 Å². The molecule has 12 heteroatoms. The first kappa shape index (κ1) is 42.8. The summed E-state index contributed by atoms with van der Waals surface area (Å²) in [6.45, 7) is 9.49. The van der Waals surface area contributed by atoms with Crippen LogP contribution in [0.5, 0.6) is 0 Å². The van der Waals surface area contributed by atoms with Crippen LogP contribution in [0.2, 0.25) is 0 Å². The summed E-state index contributed by atoms with van der Waals surface area (Å²) in [6.07, 6.45) is 4.00. The van der Waals surface area contributed by atoms with Crippen LogP contribution in [-0.4, -0.2) is 53.4 Å². The molecule has 0 aliphatic carbocycles. The minimum Gasteiger partial charge on any atom is -0.398 e. The van der Waals surface area contributed by atoms with E-state index in [4.69, 9.17) is 11.5 Å². The van der Waals surface area contributed by atoms with Crippen molar-refractivity contribution in [2.45, 2.75) is 53.4 Å². The average molecular weight is 853 g/mol. The van der Waals surface area contributed by atoms with Crippen LogP contribution in [-0.2, 0) is 0 Å². The van der Waals surface area contributed by atoms with Crippen molar-refractivity contribution in [2.24, 2.45) is 0 Å². The van der Waals surface area contributed by atoms with Crippen LogP contribution in [0, 0.1) is 13.8 Å². The Bertz CT molecular complexity index is 3040. The molecule has 3 heterocycles. The molecule has 0 spiro atoms. The maximum atomic E-state index is 13.0. The Hall–Kier alpha value is -7.86. The number of carbonyl (C=O) groups is 6. The number of nitrogen functional groups attached to an aromatic ring is 2. The number of amides is 6. The summed E-state index contributed by atoms with van der Waals surface area (Å²) < 4.78 is 0. The smallest absolute Gasteiger partial charge is 0.265 e. The van der Waals surface area contributed by atoms with E-state index in [0.717, 1.165) is 70.6 Å². The Morgan fingerprint density at radius 2 is 0.969 bits per heavy atom. The van der Waals surface area contributed by atoms with E-state index in [9.17, 15) is 28.8 Å². The number of carbonyl (C=O) groups excluding carboxylic acids is 6. The van der Waals surface area contributed by atoms with Gasteiger partial charge in [0, 0.05) is 95.8 Å². The number of hydrogen-bond acceptors (Lipinski definition) is 9. The van der Waals surface area contributed by atoms with Crippen LogP contribution in [0.4, 0.5) is 22.7 Å². The van der Waals surface area contributed by atoms with Crippen molar-refractivity contribution in [3.05, 3.63) is 154 Å². The lowest BCUT2D eigenvalue weighted by Crippen LogP contribution is -2.40. The lowest BCUT2D eigenvalue weighted by molar-refractivity contribution is 0.0606. The van der Waals surface area contributed by atoms with E-state index in [0.29, 0.717) is 67.8 Å². The molecule has 0 atom stereocenters. The van der Waals surface area contributed by atoms with E-state index in [2.05, 4.69) is 24.5 Å². The number of anilines is 4. The number of nitrogens with two attached hydrogens (primary N) is 2. The Morgan fingerprint density at radius 1 is 0.516 bits per heavy atom. The second-order valence-electron chi connectivity index (χ2n) is 16.2. The summed E-state index contributed by atoms with van der Waals surface area (Å²) in [4.78, 5) is 77.5. The standard InChI is InChI=1S/C20H16N2O2.C20H24N2O2.C12H8N2O2/c1-11-8-12(2)10-13(9-11)22-19(23)15-5-3-4-14-17(21)7-6-16(18(14)15)20(22)24;1-3-5-12-21-17-11-10-16-18-14(17)8-7-9-15(18)19(23)22(20(16)24)13-6-4-2;13-9-5-4-8-10-6(9)2-1-3-7(10)11(15)14-12(8)16/h3-10H,21H2,1-2H3;7-11,21H,3-6,12-13H2,1-2H3;1-5H,13H2,(H,14,15,16).